The molecule has 358 valence electrons. The summed E-state index contributed by atoms with van der Waals surface area (Å²) < 4.78 is 1.41. The predicted octanol–water partition coefficient (Wildman–Crippen LogP) is 17.5. The Morgan fingerprint density at radius 1 is 0.419 bits per heavy atom. The van der Waals surface area contributed by atoms with Crippen molar-refractivity contribution in [2.45, 2.75) is 78.6 Å². The summed E-state index contributed by atoms with van der Waals surface area (Å²) >= 11 is 2.08. The first kappa shape index (κ1) is 45.0. The summed E-state index contributed by atoms with van der Waals surface area (Å²) in [5, 5.41) is 0. The number of rotatable bonds is 7. The van der Waals surface area contributed by atoms with Crippen LogP contribution in [0.15, 0.2) is 194 Å². The van der Waals surface area contributed by atoms with Gasteiger partial charge in [0.05, 0.1) is 11.1 Å². The molecule has 1 aromatic heterocycles. The second-order valence-electron chi connectivity index (χ2n) is 22.3. The van der Waals surface area contributed by atoms with Crippen LogP contribution in [-0.2, 0) is 5.41 Å². The molecule has 0 bridgehead atoms. The van der Waals surface area contributed by atoms with Crippen LogP contribution >= 0.6 is 11.3 Å². The van der Waals surface area contributed by atoms with Crippen LogP contribution in [0, 0.1) is 13.8 Å². The molecule has 0 atom stereocenters. The fourth-order valence-corrected chi connectivity index (χ4v) is 15.0. The largest absolute Gasteiger partial charge is 0.311 e. The second kappa shape index (κ2) is 16.7. The van der Waals surface area contributed by atoms with Crippen molar-refractivity contribution in [3.8, 4) is 44.5 Å². The van der Waals surface area contributed by atoms with Crippen molar-refractivity contribution in [1.29, 1.82) is 0 Å². The third-order valence-electron chi connectivity index (χ3n) is 16.9. The summed E-state index contributed by atoms with van der Waals surface area (Å²) in [6, 6.07) is 75.2. The van der Waals surface area contributed by atoms with Crippen LogP contribution in [0.4, 0.5) is 34.1 Å². The van der Waals surface area contributed by atoms with Gasteiger partial charge in [0.15, 0.2) is 0 Å². The molecule has 0 amide bonds. The Morgan fingerprint density at radius 3 is 1.62 bits per heavy atom. The SMILES string of the molecule is Cc1ccc(-c2ccccc2)c(-c2ccc3c(c2)N(c2ccc(C(C)C)cc2)c2cc(C)cc4c2B3c2sc3c(c2N4c2ccc(C(C)C)cc2)-c2ccc(C(C)C)cc2C32c3ccccc3-c3ccccc32)c1. The molecule has 2 aliphatic carbocycles. The van der Waals surface area contributed by atoms with Crippen LogP contribution < -0.4 is 25.5 Å². The number of nitrogens with zero attached hydrogens (tertiary/aromatic N) is 2. The first-order valence-corrected chi connectivity index (χ1v) is 27.6. The number of thiophene rings is 1. The summed E-state index contributed by atoms with van der Waals surface area (Å²) in [6.45, 7) is 18.3. The maximum absolute atomic E-state index is 2.68. The number of hydrogen-bond donors (Lipinski definition) is 0. The Labute approximate surface area is 441 Å². The highest BCUT2D eigenvalue weighted by atomic mass is 32.1. The highest BCUT2D eigenvalue weighted by Crippen LogP contribution is 2.67. The molecule has 3 heterocycles. The average molecular weight is 971 g/mol. The number of aryl methyl sites for hydroxylation is 2. The minimum atomic E-state index is -0.479. The minimum Gasteiger partial charge on any atom is -0.311 e. The number of benzene rings is 9. The van der Waals surface area contributed by atoms with E-state index in [2.05, 4.69) is 271 Å². The third kappa shape index (κ3) is 6.37. The highest BCUT2D eigenvalue weighted by Gasteiger charge is 2.57. The van der Waals surface area contributed by atoms with Crippen LogP contribution in [0.5, 0.6) is 0 Å². The molecule has 0 unspecified atom stereocenters. The van der Waals surface area contributed by atoms with E-state index in [1.807, 2.05) is 0 Å². The molecular weight excluding hydrogens is 912 g/mol. The lowest BCUT2D eigenvalue weighted by Gasteiger charge is -2.44. The van der Waals surface area contributed by atoms with Crippen molar-refractivity contribution in [3.63, 3.8) is 0 Å². The van der Waals surface area contributed by atoms with E-state index in [0.29, 0.717) is 17.8 Å². The molecule has 0 radical (unpaired) electrons. The average Bonchev–Trinajstić information content (AvgIpc) is 4.06. The maximum Gasteiger partial charge on any atom is 0.264 e. The van der Waals surface area contributed by atoms with Crippen molar-refractivity contribution >= 4 is 67.9 Å². The van der Waals surface area contributed by atoms with Crippen molar-refractivity contribution in [3.05, 3.63) is 244 Å². The Hall–Kier alpha value is -7.66. The highest BCUT2D eigenvalue weighted by molar-refractivity contribution is 7.30. The van der Waals surface area contributed by atoms with Gasteiger partial charge in [0.25, 0.3) is 6.71 Å². The van der Waals surface area contributed by atoms with Gasteiger partial charge in [-0.05, 0) is 163 Å². The van der Waals surface area contributed by atoms with Gasteiger partial charge in [-0.15, -0.1) is 11.3 Å². The van der Waals surface area contributed by atoms with E-state index in [1.54, 1.807) is 0 Å². The van der Waals surface area contributed by atoms with E-state index in [-0.39, 0.29) is 6.71 Å². The van der Waals surface area contributed by atoms with Gasteiger partial charge in [-0.3, -0.25) is 0 Å². The number of anilines is 6. The topological polar surface area (TPSA) is 6.48 Å². The standard InChI is InChI=1S/C70H59BN2S/c1-41(2)46-23-29-51(30-24-46)72-62-40-50(57-36-44(7)22-33-53(57)48-16-10-9-11-17-48)28-35-61(62)71-66-63(72)37-45(8)38-64(66)73(52-31-25-47(26-32-52)42(3)4)67-65-56-34-27-49(43(5)6)39-60(56)70(68(65)74-69(67)71)58-20-14-12-18-54(58)55-19-13-15-21-59(55)70/h9-43H,1-8H3. The van der Waals surface area contributed by atoms with Gasteiger partial charge in [-0.2, -0.15) is 0 Å². The predicted molar refractivity (Wildman–Crippen MR) is 317 cm³/mol. The van der Waals surface area contributed by atoms with E-state index in [1.165, 1.54) is 144 Å². The van der Waals surface area contributed by atoms with Gasteiger partial charge in [0.1, 0.15) is 0 Å². The number of hydrogen-bond acceptors (Lipinski definition) is 3. The molecular formula is C70H59BN2S. The van der Waals surface area contributed by atoms with E-state index in [0.717, 1.165) is 0 Å². The molecule has 4 aliphatic rings. The van der Waals surface area contributed by atoms with Gasteiger partial charge in [0.2, 0.25) is 0 Å². The van der Waals surface area contributed by atoms with Gasteiger partial charge in [-0.25, -0.2) is 0 Å². The molecule has 9 aromatic carbocycles. The second-order valence-corrected chi connectivity index (χ2v) is 23.4. The normalized spacial score (nSPS) is 14.1. The van der Waals surface area contributed by atoms with Gasteiger partial charge >= 0.3 is 0 Å². The minimum absolute atomic E-state index is 0.0268. The lowest BCUT2D eigenvalue weighted by atomic mass is 9.36. The molecule has 0 saturated heterocycles. The lowest BCUT2D eigenvalue weighted by Crippen LogP contribution is -2.60. The van der Waals surface area contributed by atoms with Gasteiger partial charge < -0.3 is 9.80 Å². The van der Waals surface area contributed by atoms with E-state index < -0.39 is 5.41 Å². The van der Waals surface area contributed by atoms with Crippen LogP contribution in [0.1, 0.15) is 109 Å². The van der Waals surface area contributed by atoms with Gasteiger partial charge in [0, 0.05) is 43.7 Å². The quantitative estimate of drug-likeness (QED) is 0.147. The van der Waals surface area contributed by atoms with Crippen molar-refractivity contribution in [2.24, 2.45) is 0 Å². The van der Waals surface area contributed by atoms with Crippen LogP contribution in [-0.4, -0.2) is 6.71 Å². The molecule has 1 spiro atoms. The van der Waals surface area contributed by atoms with E-state index in [9.17, 15) is 0 Å². The molecule has 74 heavy (non-hydrogen) atoms. The first-order chi connectivity index (χ1) is 36.0. The van der Waals surface area contributed by atoms with E-state index in [4.69, 9.17) is 0 Å². The Bertz CT molecular complexity index is 3870. The lowest BCUT2D eigenvalue weighted by molar-refractivity contribution is 0.799. The third-order valence-corrected chi connectivity index (χ3v) is 18.3. The van der Waals surface area contributed by atoms with Crippen molar-refractivity contribution in [1.82, 2.24) is 0 Å². The fraction of sp³-hybridized carbons (Fsp3) is 0.171. The number of fused-ring (bicyclic) bond motifs is 15. The Balaban J connectivity index is 1.11. The summed E-state index contributed by atoms with van der Waals surface area (Å²) in [5.74, 6) is 1.24. The van der Waals surface area contributed by atoms with Crippen molar-refractivity contribution in [2.75, 3.05) is 9.80 Å². The molecule has 2 aliphatic heterocycles. The molecule has 0 fully saturated rings. The van der Waals surface area contributed by atoms with E-state index >= 15 is 0 Å². The molecule has 0 N–H and O–H groups in total. The summed E-state index contributed by atoms with van der Waals surface area (Å²) in [5.41, 5.74) is 30.7. The Kier molecular flexibility index (Phi) is 10.1. The Morgan fingerprint density at radius 2 is 0.986 bits per heavy atom. The summed E-state index contributed by atoms with van der Waals surface area (Å²) in [4.78, 5) is 6.72. The van der Waals surface area contributed by atoms with Gasteiger partial charge in [-0.1, -0.05) is 199 Å². The zero-order chi connectivity index (χ0) is 50.3. The summed E-state index contributed by atoms with van der Waals surface area (Å²) in [6.07, 6.45) is 0. The fourth-order valence-electron chi connectivity index (χ4n) is 13.3. The van der Waals surface area contributed by atoms with Crippen molar-refractivity contribution < 1.29 is 0 Å². The molecule has 4 heteroatoms. The first-order valence-electron chi connectivity index (χ1n) is 26.8. The zero-order valence-corrected chi connectivity index (χ0v) is 44.4. The molecule has 2 nitrogen and oxygen atoms in total. The van der Waals surface area contributed by atoms with Crippen LogP contribution in [0.3, 0.4) is 0 Å². The van der Waals surface area contributed by atoms with Crippen LogP contribution in [0.2, 0.25) is 0 Å². The monoisotopic (exact) mass is 970 g/mol. The smallest absolute Gasteiger partial charge is 0.264 e. The molecule has 10 aromatic rings. The summed E-state index contributed by atoms with van der Waals surface area (Å²) in [7, 11) is 0. The maximum atomic E-state index is 2.68. The molecule has 0 saturated carbocycles. The molecule has 14 rings (SSSR count). The zero-order valence-electron chi connectivity index (χ0n) is 43.6. The van der Waals surface area contributed by atoms with Crippen LogP contribution in [0.25, 0.3) is 44.5 Å².